The average Bonchev–Trinajstić information content (AvgIpc) is 2.37. The van der Waals surface area contributed by atoms with Gasteiger partial charge in [0.05, 0.1) is 5.69 Å². The van der Waals surface area contributed by atoms with Crippen molar-refractivity contribution in [1.29, 1.82) is 0 Å². The van der Waals surface area contributed by atoms with E-state index in [1.807, 2.05) is 0 Å². The van der Waals surface area contributed by atoms with Crippen molar-refractivity contribution in [3.05, 3.63) is 42.5 Å². The summed E-state index contributed by atoms with van der Waals surface area (Å²) >= 11 is 0. The van der Waals surface area contributed by atoms with Crippen LogP contribution < -0.4 is 10.6 Å². The van der Waals surface area contributed by atoms with Crippen LogP contribution in [0.25, 0.3) is 0 Å². The lowest BCUT2D eigenvalue weighted by Crippen LogP contribution is -2.16. The number of benzene rings is 1. The van der Waals surface area contributed by atoms with E-state index in [2.05, 4.69) is 23.8 Å². The standard InChI is InChI=1S/C14H16N2O5S/c1-8(2)13(17)15-10-5-6-12(22(19,20)21)11(7-10)16-14(18)9(3)4/h5-7H,1,3H2,2,4H3,(H,15,17)(H,16,18)(H,19,20,21). The van der Waals surface area contributed by atoms with Gasteiger partial charge in [0.2, 0.25) is 0 Å². The van der Waals surface area contributed by atoms with Gasteiger partial charge < -0.3 is 10.6 Å². The van der Waals surface area contributed by atoms with Gasteiger partial charge in [0.1, 0.15) is 4.90 Å². The van der Waals surface area contributed by atoms with Crippen LogP contribution in [0.5, 0.6) is 0 Å². The zero-order valence-corrected chi connectivity index (χ0v) is 13.0. The Kier molecular flexibility index (Phi) is 5.23. The number of hydrogen-bond acceptors (Lipinski definition) is 4. The summed E-state index contributed by atoms with van der Waals surface area (Å²) in [6, 6.07) is 3.56. The third-order valence-electron chi connectivity index (χ3n) is 2.54. The van der Waals surface area contributed by atoms with E-state index in [0.29, 0.717) is 0 Å². The Labute approximate surface area is 128 Å². The Hall–Kier alpha value is -2.45. The third kappa shape index (κ3) is 4.54. The number of hydrogen-bond donors (Lipinski definition) is 3. The first-order chi connectivity index (χ1) is 10.0. The fourth-order valence-electron chi connectivity index (χ4n) is 1.40. The van der Waals surface area contributed by atoms with Crippen molar-refractivity contribution in [2.75, 3.05) is 10.6 Å². The molecule has 0 saturated heterocycles. The highest BCUT2D eigenvalue weighted by molar-refractivity contribution is 7.86. The highest BCUT2D eigenvalue weighted by Gasteiger charge is 2.18. The molecule has 8 heteroatoms. The maximum absolute atomic E-state index is 11.6. The second-order valence-electron chi connectivity index (χ2n) is 4.65. The minimum Gasteiger partial charge on any atom is -0.322 e. The van der Waals surface area contributed by atoms with Crippen molar-refractivity contribution < 1.29 is 22.6 Å². The highest BCUT2D eigenvalue weighted by Crippen LogP contribution is 2.26. The Morgan fingerprint density at radius 2 is 1.55 bits per heavy atom. The summed E-state index contributed by atoms with van der Waals surface area (Å²) in [5.74, 6) is -1.08. The number of carbonyl (C=O) groups excluding carboxylic acids is 2. The van der Waals surface area contributed by atoms with E-state index in [0.717, 1.165) is 6.07 Å². The first-order valence-electron chi connectivity index (χ1n) is 6.07. The molecule has 118 valence electrons. The van der Waals surface area contributed by atoms with Gasteiger partial charge >= 0.3 is 0 Å². The normalized spacial score (nSPS) is 10.7. The van der Waals surface area contributed by atoms with E-state index >= 15 is 0 Å². The molecule has 1 aromatic rings. The molecule has 2 amide bonds. The summed E-state index contributed by atoms with van der Waals surface area (Å²) in [5, 5.41) is 4.78. The minimum atomic E-state index is -4.54. The molecule has 3 N–H and O–H groups in total. The van der Waals surface area contributed by atoms with Crippen LogP contribution in [0.2, 0.25) is 0 Å². The lowest BCUT2D eigenvalue weighted by molar-refractivity contribution is -0.113. The molecule has 0 unspecified atom stereocenters. The van der Waals surface area contributed by atoms with Gasteiger partial charge in [-0.15, -0.1) is 0 Å². The predicted molar refractivity (Wildman–Crippen MR) is 83.1 cm³/mol. The summed E-state index contributed by atoms with van der Waals surface area (Å²) in [6.07, 6.45) is 0. The van der Waals surface area contributed by atoms with Crippen molar-refractivity contribution in [1.82, 2.24) is 0 Å². The van der Waals surface area contributed by atoms with Crippen LogP contribution >= 0.6 is 0 Å². The van der Waals surface area contributed by atoms with Crippen molar-refractivity contribution in [3.8, 4) is 0 Å². The fraction of sp³-hybridized carbons (Fsp3) is 0.143. The molecule has 7 nitrogen and oxygen atoms in total. The molecular weight excluding hydrogens is 308 g/mol. The molecule has 0 bridgehead atoms. The molecule has 0 aliphatic heterocycles. The molecule has 0 spiro atoms. The molecule has 1 aromatic carbocycles. The lowest BCUT2D eigenvalue weighted by Gasteiger charge is -2.12. The van der Waals surface area contributed by atoms with Crippen LogP contribution in [-0.4, -0.2) is 24.8 Å². The second-order valence-corrected chi connectivity index (χ2v) is 6.04. The van der Waals surface area contributed by atoms with E-state index < -0.39 is 26.8 Å². The minimum absolute atomic E-state index is 0.151. The Morgan fingerprint density at radius 3 is 2.00 bits per heavy atom. The van der Waals surface area contributed by atoms with Gasteiger partial charge in [0.25, 0.3) is 21.9 Å². The fourth-order valence-corrected chi connectivity index (χ4v) is 2.03. The van der Waals surface area contributed by atoms with E-state index in [4.69, 9.17) is 0 Å². The van der Waals surface area contributed by atoms with Crippen LogP contribution in [0.1, 0.15) is 13.8 Å². The lowest BCUT2D eigenvalue weighted by atomic mass is 10.2. The Balaban J connectivity index is 3.28. The molecular formula is C14H16N2O5S. The molecule has 0 saturated carbocycles. The van der Waals surface area contributed by atoms with Crippen molar-refractivity contribution in [2.45, 2.75) is 18.7 Å². The predicted octanol–water partition coefficient (Wildman–Crippen LogP) is 1.96. The van der Waals surface area contributed by atoms with Crippen LogP contribution in [0.4, 0.5) is 11.4 Å². The summed E-state index contributed by atoms with van der Waals surface area (Å²) in [6.45, 7) is 9.85. The second kappa shape index (κ2) is 6.54. The number of amides is 2. The smallest absolute Gasteiger partial charge is 0.296 e. The molecule has 0 aliphatic rings. The Bertz CT molecular complexity index is 765. The summed E-state index contributed by atoms with van der Waals surface area (Å²) in [7, 11) is -4.54. The number of nitrogens with one attached hydrogen (secondary N) is 2. The van der Waals surface area contributed by atoms with Gasteiger partial charge in [-0.25, -0.2) is 0 Å². The van der Waals surface area contributed by atoms with Gasteiger partial charge in [0, 0.05) is 16.8 Å². The SMILES string of the molecule is C=C(C)C(=O)Nc1ccc(S(=O)(=O)O)c(NC(=O)C(=C)C)c1. The number of carbonyl (C=O) groups is 2. The zero-order valence-electron chi connectivity index (χ0n) is 12.1. The van der Waals surface area contributed by atoms with Crippen molar-refractivity contribution in [3.63, 3.8) is 0 Å². The molecule has 0 fully saturated rings. The third-order valence-corrected chi connectivity index (χ3v) is 3.45. The van der Waals surface area contributed by atoms with Gasteiger partial charge in [-0.05, 0) is 32.0 Å². The largest absolute Gasteiger partial charge is 0.322 e. The molecule has 0 radical (unpaired) electrons. The molecule has 22 heavy (non-hydrogen) atoms. The monoisotopic (exact) mass is 324 g/mol. The van der Waals surface area contributed by atoms with E-state index in [9.17, 15) is 22.6 Å². The van der Waals surface area contributed by atoms with Crippen LogP contribution in [0.3, 0.4) is 0 Å². The van der Waals surface area contributed by atoms with Crippen LogP contribution in [0.15, 0.2) is 47.4 Å². The maximum Gasteiger partial charge on any atom is 0.296 e. The van der Waals surface area contributed by atoms with Crippen LogP contribution in [0, 0.1) is 0 Å². The maximum atomic E-state index is 11.6. The van der Waals surface area contributed by atoms with Gasteiger partial charge in [-0.2, -0.15) is 8.42 Å². The van der Waals surface area contributed by atoms with Crippen molar-refractivity contribution in [2.24, 2.45) is 0 Å². The molecule has 0 heterocycles. The molecule has 0 atom stereocenters. The topological polar surface area (TPSA) is 113 Å². The van der Waals surface area contributed by atoms with Gasteiger partial charge in [-0.3, -0.25) is 14.1 Å². The summed E-state index contributed by atoms with van der Waals surface area (Å²) in [4.78, 5) is 22.7. The summed E-state index contributed by atoms with van der Waals surface area (Å²) < 4.78 is 31.8. The van der Waals surface area contributed by atoms with Crippen LogP contribution in [-0.2, 0) is 19.7 Å². The summed E-state index contributed by atoms with van der Waals surface area (Å²) in [5.41, 5.74) is 0.469. The first-order valence-corrected chi connectivity index (χ1v) is 7.51. The first kappa shape index (κ1) is 17.6. The van der Waals surface area contributed by atoms with E-state index in [-0.39, 0.29) is 22.5 Å². The molecule has 1 rings (SSSR count). The van der Waals surface area contributed by atoms with E-state index in [1.165, 1.54) is 26.0 Å². The van der Waals surface area contributed by atoms with E-state index in [1.54, 1.807) is 0 Å². The quantitative estimate of drug-likeness (QED) is 0.566. The van der Waals surface area contributed by atoms with Gasteiger partial charge in [0.15, 0.2) is 0 Å². The van der Waals surface area contributed by atoms with Crippen molar-refractivity contribution >= 4 is 33.3 Å². The molecule has 0 aromatic heterocycles. The van der Waals surface area contributed by atoms with Gasteiger partial charge in [-0.1, -0.05) is 13.2 Å². The highest BCUT2D eigenvalue weighted by atomic mass is 32.2. The number of rotatable bonds is 5. The Morgan fingerprint density at radius 1 is 1.05 bits per heavy atom. The number of anilines is 2. The zero-order chi connectivity index (χ0) is 17.1. The average molecular weight is 324 g/mol. The molecule has 0 aliphatic carbocycles.